The molecule has 1 atom stereocenters. The van der Waals surface area contributed by atoms with Crippen molar-refractivity contribution in [2.45, 2.75) is 32.4 Å². The molecule has 152 valence electrons. The number of carbonyl (C=O) groups is 2. The molecule has 0 aliphatic heterocycles. The van der Waals surface area contributed by atoms with Crippen LogP contribution in [0.15, 0.2) is 64.6 Å². The van der Waals surface area contributed by atoms with Crippen LogP contribution in [0.4, 0.5) is 4.79 Å². The molecule has 1 aromatic carbocycles. The molecule has 0 aliphatic carbocycles. The van der Waals surface area contributed by atoms with Crippen molar-refractivity contribution in [1.29, 1.82) is 0 Å². The molecule has 0 spiro atoms. The van der Waals surface area contributed by atoms with Crippen LogP contribution in [0.5, 0.6) is 0 Å². The minimum atomic E-state index is -0.425. The Labute approximate surface area is 174 Å². The third-order valence-electron chi connectivity index (χ3n) is 4.48. The SMILES string of the molecule is CC(C)c1ccc(C(NC(=O)CNC(=O)NCc2ccco2)c2cccs2)cc1. The van der Waals surface area contributed by atoms with E-state index in [0.717, 1.165) is 10.4 Å². The zero-order chi connectivity index (χ0) is 20.6. The van der Waals surface area contributed by atoms with Gasteiger partial charge in [-0.15, -0.1) is 11.3 Å². The summed E-state index contributed by atoms with van der Waals surface area (Å²) in [5.41, 5.74) is 2.26. The lowest BCUT2D eigenvalue weighted by molar-refractivity contribution is -0.120. The van der Waals surface area contributed by atoms with Gasteiger partial charge in [0.2, 0.25) is 5.91 Å². The third-order valence-corrected chi connectivity index (χ3v) is 5.42. The van der Waals surface area contributed by atoms with Gasteiger partial charge in [-0.2, -0.15) is 0 Å². The first kappa shape index (κ1) is 20.7. The minimum absolute atomic E-state index is 0.115. The Morgan fingerprint density at radius 3 is 2.38 bits per heavy atom. The van der Waals surface area contributed by atoms with E-state index in [-0.39, 0.29) is 25.0 Å². The maximum absolute atomic E-state index is 12.5. The standard InChI is InChI=1S/C22H25N3O3S/c1-15(2)16-7-9-17(10-8-16)21(19-6-4-12-29-19)25-20(26)14-24-22(27)23-13-18-5-3-11-28-18/h3-12,15,21H,13-14H2,1-2H3,(H,25,26)(H2,23,24,27). The van der Waals surface area contributed by atoms with E-state index in [1.165, 1.54) is 5.56 Å². The molecule has 0 radical (unpaired) electrons. The van der Waals surface area contributed by atoms with Gasteiger partial charge in [0.15, 0.2) is 0 Å². The second kappa shape index (κ2) is 9.93. The van der Waals surface area contributed by atoms with E-state index in [9.17, 15) is 9.59 Å². The predicted molar refractivity (Wildman–Crippen MR) is 114 cm³/mol. The van der Waals surface area contributed by atoms with Crippen LogP contribution in [0.1, 0.15) is 47.6 Å². The highest BCUT2D eigenvalue weighted by molar-refractivity contribution is 7.10. The molecular weight excluding hydrogens is 386 g/mol. The number of urea groups is 1. The van der Waals surface area contributed by atoms with Crippen LogP contribution in [0.25, 0.3) is 0 Å². The predicted octanol–water partition coefficient (Wildman–Crippen LogP) is 4.17. The average Bonchev–Trinajstić information content (AvgIpc) is 3.43. The first-order valence-corrected chi connectivity index (χ1v) is 10.4. The van der Waals surface area contributed by atoms with Crippen molar-refractivity contribution in [2.24, 2.45) is 0 Å². The number of furan rings is 1. The molecule has 29 heavy (non-hydrogen) atoms. The van der Waals surface area contributed by atoms with Gasteiger partial charge < -0.3 is 20.4 Å². The minimum Gasteiger partial charge on any atom is -0.467 e. The summed E-state index contributed by atoms with van der Waals surface area (Å²) in [6.07, 6.45) is 1.54. The van der Waals surface area contributed by atoms with Gasteiger partial charge in [-0.3, -0.25) is 4.79 Å². The van der Waals surface area contributed by atoms with Gasteiger partial charge >= 0.3 is 6.03 Å². The van der Waals surface area contributed by atoms with Crippen LogP contribution < -0.4 is 16.0 Å². The maximum Gasteiger partial charge on any atom is 0.315 e. The third kappa shape index (κ3) is 5.96. The molecule has 3 N–H and O–H groups in total. The summed E-state index contributed by atoms with van der Waals surface area (Å²) in [6.45, 7) is 4.45. The van der Waals surface area contributed by atoms with Crippen LogP contribution in [0.2, 0.25) is 0 Å². The Bertz CT molecular complexity index is 903. The number of thiophene rings is 1. The van der Waals surface area contributed by atoms with Crippen LogP contribution in [0, 0.1) is 0 Å². The van der Waals surface area contributed by atoms with Crippen LogP contribution in [0.3, 0.4) is 0 Å². The summed E-state index contributed by atoms with van der Waals surface area (Å²) in [5.74, 6) is 0.833. The van der Waals surface area contributed by atoms with Crippen molar-refractivity contribution in [3.05, 3.63) is 81.9 Å². The van der Waals surface area contributed by atoms with Gasteiger partial charge in [0.25, 0.3) is 0 Å². The number of rotatable bonds is 8. The highest BCUT2D eigenvalue weighted by Gasteiger charge is 2.18. The molecular formula is C22H25N3O3S. The fourth-order valence-corrected chi connectivity index (χ4v) is 3.67. The summed E-state index contributed by atoms with van der Waals surface area (Å²) in [5, 5.41) is 10.2. The number of hydrogen-bond donors (Lipinski definition) is 3. The Hall–Kier alpha value is -3.06. The number of hydrogen-bond acceptors (Lipinski definition) is 4. The van der Waals surface area contributed by atoms with Gasteiger partial charge in [-0.25, -0.2) is 4.79 Å². The van der Waals surface area contributed by atoms with E-state index in [1.54, 1.807) is 29.7 Å². The highest BCUT2D eigenvalue weighted by atomic mass is 32.1. The summed E-state index contributed by atoms with van der Waals surface area (Å²) in [4.78, 5) is 25.4. The lowest BCUT2D eigenvalue weighted by Crippen LogP contribution is -2.42. The summed E-state index contributed by atoms with van der Waals surface area (Å²) >= 11 is 1.58. The normalized spacial score (nSPS) is 11.8. The second-order valence-electron chi connectivity index (χ2n) is 6.95. The van der Waals surface area contributed by atoms with Crippen molar-refractivity contribution >= 4 is 23.3 Å². The van der Waals surface area contributed by atoms with E-state index in [0.29, 0.717) is 11.7 Å². The van der Waals surface area contributed by atoms with E-state index in [4.69, 9.17) is 4.42 Å². The molecule has 3 rings (SSSR count). The molecule has 1 unspecified atom stereocenters. The van der Waals surface area contributed by atoms with E-state index in [2.05, 4.69) is 41.9 Å². The molecule has 7 heteroatoms. The molecule has 0 saturated carbocycles. The summed E-state index contributed by atoms with van der Waals surface area (Å²) in [7, 11) is 0. The first-order chi connectivity index (χ1) is 14.0. The molecule has 0 bridgehead atoms. The Kier molecular flexibility index (Phi) is 7.08. The smallest absolute Gasteiger partial charge is 0.315 e. The number of carbonyl (C=O) groups excluding carboxylic acids is 2. The van der Waals surface area contributed by atoms with Gasteiger partial charge in [-0.05, 0) is 40.6 Å². The molecule has 3 aromatic rings. The summed E-state index contributed by atoms with van der Waals surface area (Å²) in [6, 6.07) is 15.1. The van der Waals surface area contributed by atoms with Crippen molar-refractivity contribution in [3.8, 4) is 0 Å². The fourth-order valence-electron chi connectivity index (χ4n) is 2.86. The molecule has 0 saturated heterocycles. The monoisotopic (exact) mass is 411 g/mol. The summed E-state index contributed by atoms with van der Waals surface area (Å²) < 4.78 is 5.15. The fraction of sp³-hybridized carbons (Fsp3) is 0.273. The van der Waals surface area contributed by atoms with E-state index >= 15 is 0 Å². The first-order valence-electron chi connectivity index (χ1n) is 9.49. The highest BCUT2D eigenvalue weighted by Crippen LogP contribution is 2.27. The van der Waals surface area contributed by atoms with Crippen molar-refractivity contribution in [3.63, 3.8) is 0 Å². The van der Waals surface area contributed by atoms with Crippen LogP contribution in [-0.4, -0.2) is 18.5 Å². The number of benzene rings is 1. The van der Waals surface area contributed by atoms with Crippen molar-refractivity contribution in [1.82, 2.24) is 16.0 Å². The van der Waals surface area contributed by atoms with Crippen LogP contribution >= 0.6 is 11.3 Å². The molecule has 6 nitrogen and oxygen atoms in total. The van der Waals surface area contributed by atoms with Gasteiger partial charge in [0, 0.05) is 4.88 Å². The maximum atomic E-state index is 12.5. The quantitative estimate of drug-likeness (QED) is 0.520. The number of nitrogens with one attached hydrogen (secondary N) is 3. The second-order valence-corrected chi connectivity index (χ2v) is 7.93. The van der Waals surface area contributed by atoms with E-state index < -0.39 is 6.03 Å². The lowest BCUT2D eigenvalue weighted by atomic mass is 9.98. The molecule has 0 fully saturated rings. The average molecular weight is 412 g/mol. The lowest BCUT2D eigenvalue weighted by Gasteiger charge is -2.19. The van der Waals surface area contributed by atoms with Gasteiger partial charge in [-0.1, -0.05) is 44.2 Å². The molecule has 3 amide bonds. The Morgan fingerprint density at radius 1 is 1.00 bits per heavy atom. The molecule has 2 aromatic heterocycles. The largest absolute Gasteiger partial charge is 0.467 e. The zero-order valence-electron chi connectivity index (χ0n) is 16.5. The van der Waals surface area contributed by atoms with Crippen molar-refractivity contribution in [2.75, 3.05) is 6.54 Å². The van der Waals surface area contributed by atoms with Gasteiger partial charge in [0.1, 0.15) is 5.76 Å². The molecule has 0 aliphatic rings. The Morgan fingerprint density at radius 2 is 1.76 bits per heavy atom. The van der Waals surface area contributed by atoms with Crippen molar-refractivity contribution < 1.29 is 14.0 Å². The Balaban J connectivity index is 1.57. The zero-order valence-corrected chi connectivity index (χ0v) is 17.3. The molecule has 2 heterocycles. The topological polar surface area (TPSA) is 83.4 Å². The van der Waals surface area contributed by atoms with Crippen LogP contribution in [-0.2, 0) is 11.3 Å². The van der Waals surface area contributed by atoms with Gasteiger partial charge in [0.05, 0.1) is 25.4 Å². The van der Waals surface area contributed by atoms with E-state index in [1.807, 2.05) is 29.6 Å². The number of amides is 3.